The second-order valence-electron chi connectivity index (χ2n) is 3.52. The lowest BCUT2D eigenvalue weighted by Crippen LogP contribution is -2.12. The minimum Gasteiger partial charge on any atom is -0.507 e. The molecule has 1 aromatic rings. The van der Waals surface area contributed by atoms with E-state index in [1.165, 1.54) is 6.07 Å². The summed E-state index contributed by atoms with van der Waals surface area (Å²) in [5.74, 6) is -0.431. The number of phenolic OH excluding ortho intramolecular Hbond substituents is 1. The van der Waals surface area contributed by atoms with Crippen molar-refractivity contribution in [3.8, 4) is 5.75 Å². The Morgan fingerprint density at radius 3 is 2.60 bits per heavy atom. The van der Waals surface area contributed by atoms with E-state index < -0.39 is 11.9 Å². The second kappa shape index (κ2) is 5.93. The van der Waals surface area contributed by atoms with Gasteiger partial charge in [0.05, 0.1) is 0 Å². The molecular formula is C11H17ClFNO. The predicted octanol–water partition coefficient (Wildman–Crippen LogP) is 3.06. The molecule has 0 saturated heterocycles. The maximum absolute atomic E-state index is 13.4. The minimum absolute atomic E-state index is 0. The first kappa shape index (κ1) is 14.2. The van der Waals surface area contributed by atoms with E-state index in [0.29, 0.717) is 12.0 Å². The Morgan fingerprint density at radius 1 is 1.47 bits per heavy atom. The second-order valence-corrected chi connectivity index (χ2v) is 3.52. The Morgan fingerprint density at radius 2 is 2.07 bits per heavy atom. The van der Waals surface area contributed by atoms with Gasteiger partial charge < -0.3 is 10.8 Å². The molecule has 1 atom stereocenters. The predicted molar refractivity (Wildman–Crippen MR) is 61.9 cm³/mol. The summed E-state index contributed by atoms with van der Waals surface area (Å²) in [6, 6.07) is 2.48. The minimum atomic E-state index is -0.422. The molecule has 3 N–H and O–H groups in total. The topological polar surface area (TPSA) is 46.2 Å². The summed E-state index contributed by atoms with van der Waals surface area (Å²) < 4.78 is 13.4. The fourth-order valence-electron chi connectivity index (χ4n) is 1.50. The van der Waals surface area contributed by atoms with Crippen LogP contribution in [0.1, 0.15) is 36.9 Å². The van der Waals surface area contributed by atoms with Crippen molar-refractivity contribution in [1.29, 1.82) is 0 Å². The number of halogens is 2. The van der Waals surface area contributed by atoms with Crippen LogP contribution in [0.25, 0.3) is 0 Å². The van der Waals surface area contributed by atoms with E-state index >= 15 is 0 Å². The van der Waals surface area contributed by atoms with Gasteiger partial charge in [-0.2, -0.15) is 0 Å². The summed E-state index contributed by atoms with van der Waals surface area (Å²) in [6.07, 6.45) is 1.54. The molecule has 1 rings (SSSR count). The highest BCUT2D eigenvalue weighted by molar-refractivity contribution is 5.85. The standard InChI is InChI=1S/C11H16FNO.ClH/c1-3-4-9(13)10-8(12)6-5-7(2)11(10)14;/h5-6,9,14H,3-4,13H2,1-2H3;1H/t9-;/m1./s1. The van der Waals surface area contributed by atoms with Crippen LogP contribution in [0.15, 0.2) is 12.1 Å². The molecule has 4 heteroatoms. The van der Waals surface area contributed by atoms with Gasteiger partial charge in [-0.3, -0.25) is 0 Å². The quantitative estimate of drug-likeness (QED) is 0.843. The zero-order valence-corrected chi connectivity index (χ0v) is 9.77. The molecule has 1 aromatic carbocycles. The van der Waals surface area contributed by atoms with Gasteiger partial charge in [0.1, 0.15) is 11.6 Å². The number of nitrogens with two attached hydrogens (primary N) is 1. The van der Waals surface area contributed by atoms with Crippen molar-refractivity contribution in [2.45, 2.75) is 32.7 Å². The van der Waals surface area contributed by atoms with Gasteiger partial charge in [-0.15, -0.1) is 12.4 Å². The van der Waals surface area contributed by atoms with E-state index in [9.17, 15) is 9.50 Å². The summed E-state index contributed by atoms with van der Waals surface area (Å²) >= 11 is 0. The summed E-state index contributed by atoms with van der Waals surface area (Å²) in [5.41, 5.74) is 6.68. The van der Waals surface area contributed by atoms with Crippen LogP contribution in [0, 0.1) is 12.7 Å². The van der Waals surface area contributed by atoms with Crippen molar-refractivity contribution >= 4 is 12.4 Å². The van der Waals surface area contributed by atoms with Crippen LogP contribution in [-0.4, -0.2) is 5.11 Å². The number of rotatable bonds is 3. The fourth-order valence-corrected chi connectivity index (χ4v) is 1.50. The Bertz CT molecular complexity index is 331. The Kier molecular flexibility index (Phi) is 5.61. The molecule has 0 amide bonds. The van der Waals surface area contributed by atoms with Crippen LogP contribution < -0.4 is 5.73 Å². The molecule has 0 saturated carbocycles. The van der Waals surface area contributed by atoms with E-state index in [1.807, 2.05) is 6.92 Å². The third-order valence-electron chi connectivity index (χ3n) is 2.34. The van der Waals surface area contributed by atoms with Crippen molar-refractivity contribution in [3.63, 3.8) is 0 Å². The van der Waals surface area contributed by atoms with Gasteiger partial charge in [-0.05, 0) is 25.0 Å². The average molecular weight is 234 g/mol. The molecule has 86 valence electrons. The van der Waals surface area contributed by atoms with Gasteiger partial charge >= 0.3 is 0 Å². The molecule has 0 fully saturated rings. The number of benzene rings is 1. The first-order valence-corrected chi connectivity index (χ1v) is 4.81. The van der Waals surface area contributed by atoms with Gasteiger partial charge in [0.25, 0.3) is 0 Å². The van der Waals surface area contributed by atoms with E-state index in [2.05, 4.69) is 0 Å². The molecule has 0 aliphatic rings. The van der Waals surface area contributed by atoms with Crippen LogP contribution in [0.3, 0.4) is 0 Å². The number of aryl methyl sites for hydroxylation is 1. The summed E-state index contributed by atoms with van der Waals surface area (Å²) in [7, 11) is 0. The van der Waals surface area contributed by atoms with Gasteiger partial charge in [0.15, 0.2) is 0 Å². The van der Waals surface area contributed by atoms with Crippen molar-refractivity contribution in [2.75, 3.05) is 0 Å². The molecule has 0 aromatic heterocycles. The Labute approximate surface area is 95.7 Å². The molecule has 0 aliphatic heterocycles. The molecule has 0 bridgehead atoms. The molecule has 0 heterocycles. The van der Waals surface area contributed by atoms with Gasteiger partial charge in [0, 0.05) is 11.6 Å². The third kappa shape index (κ3) is 3.08. The lowest BCUT2D eigenvalue weighted by Gasteiger charge is -2.14. The lowest BCUT2D eigenvalue weighted by atomic mass is 9.99. The largest absolute Gasteiger partial charge is 0.507 e. The van der Waals surface area contributed by atoms with Crippen LogP contribution in [0.2, 0.25) is 0 Å². The molecule has 0 spiro atoms. The van der Waals surface area contributed by atoms with Crippen LogP contribution in [-0.2, 0) is 0 Å². The van der Waals surface area contributed by atoms with Crippen LogP contribution >= 0.6 is 12.4 Å². The zero-order valence-electron chi connectivity index (χ0n) is 8.96. The van der Waals surface area contributed by atoms with E-state index in [-0.39, 0.29) is 23.7 Å². The SMILES string of the molecule is CCC[C@@H](N)c1c(F)ccc(C)c1O.Cl. The smallest absolute Gasteiger partial charge is 0.131 e. The number of hydrogen-bond donors (Lipinski definition) is 2. The Hall–Kier alpha value is -0.800. The molecule has 0 unspecified atom stereocenters. The van der Waals surface area contributed by atoms with Crippen molar-refractivity contribution < 1.29 is 9.50 Å². The highest BCUT2D eigenvalue weighted by Crippen LogP contribution is 2.30. The van der Waals surface area contributed by atoms with E-state index in [0.717, 1.165) is 6.42 Å². The third-order valence-corrected chi connectivity index (χ3v) is 2.34. The average Bonchev–Trinajstić information content (AvgIpc) is 2.13. The molecule has 2 nitrogen and oxygen atoms in total. The monoisotopic (exact) mass is 233 g/mol. The van der Waals surface area contributed by atoms with Gasteiger partial charge in [-0.25, -0.2) is 4.39 Å². The summed E-state index contributed by atoms with van der Waals surface area (Å²) in [5, 5.41) is 9.66. The maximum Gasteiger partial charge on any atom is 0.131 e. The van der Waals surface area contributed by atoms with E-state index in [4.69, 9.17) is 5.73 Å². The van der Waals surface area contributed by atoms with Crippen molar-refractivity contribution in [2.24, 2.45) is 5.73 Å². The Balaban J connectivity index is 0.00000196. The van der Waals surface area contributed by atoms with Crippen molar-refractivity contribution in [1.82, 2.24) is 0 Å². The molecule has 0 radical (unpaired) electrons. The highest BCUT2D eigenvalue weighted by Gasteiger charge is 2.16. The summed E-state index contributed by atoms with van der Waals surface area (Å²) in [4.78, 5) is 0. The lowest BCUT2D eigenvalue weighted by molar-refractivity contribution is 0.440. The molecular weight excluding hydrogens is 217 g/mol. The highest BCUT2D eigenvalue weighted by atomic mass is 35.5. The molecule has 0 aliphatic carbocycles. The maximum atomic E-state index is 13.4. The van der Waals surface area contributed by atoms with Gasteiger partial charge in [-0.1, -0.05) is 19.4 Å². The number of phenols is 1. The van der Waals surface area contributed by atoms with Crippen LogP contribution in [0.4, 0.5) is 4.39 Å². The number of hydrogen-bond acceptors (Lipinski definition) is 2. The first-order valence-electron chi connectivity index (χ1n) is 4.81. The van der Waals surface area contributed by atoms with Crippen LogP contribution in [0.5, 0.6) is 5.75 Å². The molecule has 15 heavy (non-hydrogen) atoms. The normalized spacial score (nSPS) is 12.0. The van der Waals surface area contributed by atoms with E-state index in [1.54, 1.807) is 13.0 Å². The van der Waals surface area contributed by atoms with Crippen molar-refractivity contribution in [3.05, 3.63) is 29.1 Å². The fraction of sp³-hybridized carbons (Fsp3) is 0.455. The first-order chi connectivity index (χ1) is 6.57. The summed E-state index contributed by atoms with van der Waals surface area (Å²) in [6.45, 7) is 3.71. The number of aromatic hydroxyl groups is 1. The zero-order chi connectivity index (χ0) is 10.7. The van der Waals surface area contributed by atoms with Gasteiger partial charge in [0.2, 0.25) is 0 Å².